The first-order valence-corrected chi connectivity index (χ1v) is 7.44. The van der Waals surface area contributed by atoms with E-state index in [0.717, 1.165) is 5.52 Å². The maximum atomic E-state index is 9.89. The number of rotatable bonds is 3. The third-order valence-electron chi connectivity index (χ3n) is 3.44. The van der Waals surface area contributed by atoms with Gasteiger partial charge >= 0.3 is 0 Å². The smallest absolute Gasteiger partial charge is 0.229 e. The van der Waals surface area contributed by atoms with Crippen molar-refractivity contribution in [2.45, 2.75) is 24.6 Å². The molecule has 21 heavy (non-hydrogen) atoms. The summed E-state index contributed by atoms with van der Waals surface area (Å²) in [5.74, 6) is 0.395. The highest BCUT2D eigenvalue weighted by Crippen LogP contribution is 2.38. The molecular weight excluding hydrogens is 366 g/mol. The van der Waals surface area contributed by atoms with Gasteiger partial charge in [-0.1, -0.05) is 11.6 Å². The Morgan fingerprint density at radius 2 is 2.10 bits per heavy atom. The Bertz CT molecular complexity index is 663. The predicted molar refractivity (Wildman–Crippen MR) is 79.4 cm³/mol. The lowest BCUT2D eigenvalue weighted by Crippen LogP contribution is -2.35. The first kappa shape index (κ1) is 15.1. The van der Waals surface area contributed by atoms with E-state index in [1.54, 1.807) is 12.3 Å². The molecule has 6 nitrogen and oxygen atoms in total. The van der Waals surface area contributed by atoms with Gasteiger partial charge in [0.15, 0.2) is 0 Å². The number of aliphatic hydroxyl groups excluding tert-OH is 3. The van der Waals surface area contributed by atoms with Crippen molar-refractivity contribution in [3.8, 4) is 5.75 Å². The Balaban J connectivity index is 1.91. The summed E-state index contributed by atoms with van der Waals surface area (Å²) in [5.41, 5.74) is 0.768. The fraction of sp³-hybridized carbons (Fsp3) is 0.385. The number of benzene rings is 1. The SMILES string of the molecule is OC[C@H]1OC(Oc2c[nH]c3ccc(Br)c(Cl)c23)[C@@H](O)[C@@H]1O. The van der Waals surface area contributed by atoms with Crippen LogP contribution in [0.4, 0.5) is 0 Å². The van der Waals surface area contributed by atoms with Crippen LogP contribution in [0.15, 0.2) is 22.8 Å². The Morgan fingerprint density at radius 1 is 1.33 bits per heavy atom. The van der Waals surface area contributed by atoms with E-state index in [1.807, 2.05) is 6.07 Å². The van der Waals surface area contributed by atoms with Crippen molar-refractivity contribution in [3.63, 3.8) is 0 Å². The van der Waals surface area contributed by atoms with E-state index in [4.69, 9.17) is 26.2 Å². The normalized spacial score (nSPS) is 29.2. The van der Waals surface area contributed by atoms with Crippen molar-refractivity contribution in [1.82, 2.24) is 4.98 Å². The second kappa shape index (κ2) is 5.75. The molecule has 4 atom stereocenters. The van der Waals surface area contributed by atoms with Gasteiger partial charge in [0.2, 0.25) is 6.29 Å². The van der Waals surface area contributed by atoms with Crippen molar-refractivity contribution in [3.05, 3.63) is 27.8 Å². The summed E-state index contributed by atoms with van der Waals surface area (Å²) in [5, 5.41) is 29.8. The topological polar surface area (TPSA) is 94.9 Å². The third kappa shape index (κ3) is 2.54. The molecule has 1 unspecified atom stereocenters. The highest BCUT2D eigenvalue weighted by Gasteiger charge is 2.44. The Morgan fingerprint density at radius 3 is 2.76 bits per heavy atom. The first-order valence-electron chi connectivity index (χ1n) is 6.27. The van der Waals surface area contributed by atoms with Gasteiger partial charge in [0.25, 0.3) is 0 Å². The van der Waals surface area contributed by atoms with Crippen LogP contribution in [0.3, 0.4) is 0 Å². The summed E-state index contributed by atoms with van der Waals surface area (Å²) < 4.78 is 11.6. The molecule has 0 aliphatic carbocycles. The number of nitrogens with one attached hydrogen (secondary N) is 1. The third-order valence-corrected chi connectivity index (χ3v) is 4.72. The molecule has 1 fully saturated rings. The Labute approximate surface area is 133 Å². The molecule has 2 aromatic rings. The summed E-state index contributed by atoms with van der Waals surface area (Å²) in [6.45, 7) is -0.404. The van der Waals surface area contributed by atoms with Gasteiger partial charge in [-0.15, -0.1) is 0 Å². The summed E-state index contributed by atoms with van der Waals surface area (Å²) in [6, 6.07) is 3.63. The van der Waals surface area contributed by atoms with E-state index < -0.39 is 31.2 Å². The fourth-order valence-electron chi connectivity index (χ4n) is 2.31. The van der Waals surface area contributed by atoms with Crippen LogP contribution in [0.5, 0.6) is 5.75 Å². The van der Waals surface area contributed by atoms with Gasteiger partial charge in [0.05, 0.1) is 22.5 Å². The van der Waals surface area contributed by atoms with Gasteiger partial charge in [0.1, 0.15) is 24.1 Å². The van der Waals surface area contributed by atoms with E-state index in [1.165, 1.54) is 0 Å². The average molecular weight is 379 g/mol. The highest BCUT2D eigenvalue weighted by molar-refractivity contribution is 9.10. The number of aromatic nitrogens is 1. The maximum absolute atomic E-state index is 9.89. The zero-order valence-electron chi connectivity index (χ0n) is 10.7. The van der Waals surface area contributed by atoms with Gasteiger partial charge < -0.3 is 29.8 Å². The van der Waals surface area contributed by atoms with Crippen molar-refractivity contribution >= 4 is 38.4 Å². The van der Waals surface area contributed by atoms with Crippen molar-refractivity contribution in [1.29, 1.82) is 0 Å². The second-order valence-corrected chi connectivity index (χ2v) is 5.99. The van der Waals surface area contributed by atoms with E-state index in [2.05, 4.69) is 20.9 Å². The predicted octanol–water partition coefficient (Wildman–Crippen LogP) is 1.40. The van der Waals surface area contributed by atoms with Crippen LogP contribution in [-0.4, -0.2) is 51.5 Å². The number of aliphatic hydroxyl groups is 3. The van der Waals surface area contributed by atoms with Gasteiger partial charge in [-0.3, -0.25) is 0 Å². The molecule has 0 amide bonds. The molecule has 1 aliphatic heterocycles. The highest BCUT2D eigenvalue weighted by atomic mass is 79.9. The standard InChI is InChI=1S/C13H13BrClNO5/c14-5-1-2-6-9(10(5)15)7(3-16-6)20-13-12(19)11(18)8(4-17)21-13/h1-3,8,11-13,16-19H,4H2/t8-,11-,12+,13?/m1/s1. The fourth-order valence-corrected chi connectivity index (χ4v) is 2.90. The number of fused-ring (bicyclic) bond motifs is 1. The van der Waals surface area contributed by atoms with E-state index >= 15 is 0 Å². The second-order valence-electron chi connectivity index (χ2n) is 4.76. The van der Waals surface area contributed by atoms with Crippen LogP contribution in [0.2, 0.25) is 5.02 Å². The van der Waals surface area contributed by atoms with E-state index in [-0.39, 0.29) is 0 Å². The number of ether oxygens (including phenoxy) is 2. The molecular formula is C13H13BrClNO5. The molecule has 0 radical (unpaired) electrons. The zero-order chi connectivity index (χ0) is 15.1. The Kier molecular flexibility index (Phi) is 4.13. The average Bonchev–Trinajstić information content (AvgIpc) is 3.00. The van der Waals surface area contributed by atoms with Gasteiger partial charge in [-0.2, -0.15) is 0 Å². The molecule has 114 valence electrons. The monoisotopic (exact) mass is 377 g/mol. The number of H-pyrrole nitrogens is 1. The maximum Gasteiger partial charge on any atom is 0.229 e. The van der Waals surface area contributed by atoms with Gasteiger partial charge in [0, 0.05) is 10.7 Å². The van der Waals surface area contributed by atoms with Crippen LogP contribution >= 0.6 is 27.5 Å². The molecule has 1 aromatic carbocycles. The number of aromatic amines is 1. The van der Waals surface area contributed by atoms with Crippen LogP contribution in [0, 0.1) is 0 Å². The van der Waals surface area contributed by atoms with Crippen LogP contribution in [0.1, 0.15) is 0 Å². The van der Waals surface area contributed by atoms with Crippen molar-refractivity contribution in [2.75, 3.05) is 6.61 Å². The summed E-state index contributed by atoms with van der Waals surface area (Å²) >= 11 is 9.57. The van der Waals surface area contributed by atoms with Gasteiger partial charge in [-0.25, -0.2) is 0 Å². The molecule has 0 spiro atoms. The summed E-state index contributed by atoms with van der Waals surface area (Å²) in [7, 11) is 0. The van der Waals surface area contributed by atoms with Crippen LogP contribution in [-0.2, 0) is 4.74 Å². The Hall–Kier alpha value is -0.830. The number of halogens is 2. The number of hydrogen-bond acceptors (Lipinski definition) is 5. The lowest BCUT2D eigenvalue weighted by Gasteiger charge is -2.16. The molecule has 3 rings (SSSR count). The molecule has 0 bridgehead atoms. The van der Waals surface area contributed by atoms with E-state index in [9.17, 15) is 10.2 Å². The molecule has 0 saturated carbocycles. The molecule has 1 aliphatic rings. The summed E-state index contributed by atoms with van der Waals surface area (Å²) in [4.78, 5) is 3.00. The minimum absolute atomic E-state index is 0.395. The molecule has 1 saturated heterocycles. The largest absolute Gasteiger partial charge is 0.460 e. The molecule has 8 heteroatoms. The number of hydrogen-bond donors (Lipinski definition) is 4. The quantitative estimate of drug-likeness (QED) is 0.648. The van der Waals surface area contributed by atoms with Crippen molar-refractivity contribution < 1.29 is 24.8 Å². The van der Waals surface area contributed by atoms with E-state index in [0.29, 0.717) is 20.6 Å². The molecule has 2 heterocycles. The van der Waals surface area contributed by atoms with Crippen molar-refractivity contribution in [2.24, 2.45) is 0 Å². The zero-order valence-corrected chi connectivity index (χ0v) is 13.0. The molecule has 1 aromatic heterocycles. The van der Waals surface area contributed by atoms with Crippen LogP contribution in [0.25, 0.3) is 10.9 Å². The lowest BCUT2D eigenvalue weighted by molar-refractivity contribution is -0.115. The first-order chi connectivity index (χ1) is 10.0. The van der Waals surface area contributed by atoms with Crippen LogP contribution < -0.4 is 4.74 Å². The molecule has 4 N–H and O–H groups in total. The van der Waals surface area contributed by atoms with Gasteiger partial charge in [-0.05, 0) is 28.1 Å². The summed E-state index contributed by atoms with van der Waals surface area (Å²) in [6.07, 6.45) is -2.81. The minimum Gasteiger partial charge on any atom is -0.460 e. The lowest BCUT2D eigenvalue weighted by atomic mass is 10.1. The minimum atomic E-state index is -1.25.